The summed E-state index contributed by atoms with van der Waals surface area (Å²) in [6.45, 7) is 1.69. The van der Waals surface area contributed by atoms with Crippen LogP contribution >= 0.6 is 11.3 Å². The smallest absolute Gasteiger partial charge is 0.308 e. The van der Waals surface area contributed by atoms with Gasteiger partial charge >= 0.3 is 5.97 Å². The van der Waals surface area contributed by atoms with Crippen LogP contribution in [0, 0.1) is 5.92 Å². The molecule has 0 fully saturated rings. The number of carboxylic acid groups (broad SMARTS) is 1. The predicted molar refractivity (Wildman–Crippen MR) is 63.2 cm³/mol. The van der Waals surface area contributed by atoms with Gasteiger partial charge in [0.1, 0.15) is 0 Å². The van der Waals surface area contributed by atoms with Crippen LogP contribution < -0.4 is 5.32 Å². The number of aliphatic carboxylic acids is 1. The molecule has 16 heavy (non-hydrogen) atoms. The molecule has 5 heteroatoms. The van der Waals surface area contributed by atoms with Gasteiger partial charge in [0.2, 0.25) is 5.91 Å². The highest BCUT2D eigenvalue weighted by molar-refractivity contribution is 7.08. The molecule has 0 aromatic carbocycles. The summed E-state index contributed by atoms with van der Waals surface area (Å²) >= 11 is 1.55. The number of nitrogens with one attached hydrogen (secondary N) is 1. The van der Waals surface area contributed by atoms with Crippen LogP contribution in [0.3, 0.4) is 0 Å². The Hall–Kier alpha value is -1.62. The topological polar surface area (TPSA) is 66.4 Å². The Labute approximate surface area is 97.6 Å². The third-order valence-electron chi connectivity index (χ3n) is 1.97. The fraction of sp³-hybridized carbons (Fsp3) is 0.273. The van der Waals surface area contributed by atoms with E-state index >= 15 is 0 Å². The number of thiophene rings is 1. The minimum Gasteiger partial charge on any atom is -0.481 e. The van der Waals surface area contributed by atoms with Crippen LogP contribution in [-0.4, -0.2) is 23.5 Å². The first-order valence-corrected chi connectivity index (χ1v) is 5.75. The van der Waals surface area contributed by atoms with Crippen molar-refractivity contribution >= 4 is 29.3 Å². The Bertz CT molecular complexity index is 384. The SMILES string of the molecule is CC(CNC(=O)/C=C/c1ccsc1)C(=O)O. The van der Waals surface area contributed by atoms with Crippen LogP contribution in [0.1, 0.15) is 12.5 Å². The molecule has 0 aliphatic rings. The largest absolute Gasteiger partial charge is 0.481 e. The predicted octanol–water partition coefficient (Wildman–Crippen LogP) is 1.60. The van der Waals surface area contributed by atoms with Gasteiger partial charge in [0.05, 0.1) is 5.92 Å². The van der Waals surface area contributed by atoms with Gasteiger partial charge in [0, 0.05) is 12.6 Å². The molecule has 0 saturated carbocycles. The van der Waals surface area contributed by atoms with Crippen molar-refractivity contribution in [1.29, 1.82) is 0 Å². The summed E-state index contributed by atoms with van der Waals surface area (Å²) in [5.74, 6) is -1.76. The first-order valence-electron chi connectivity index (χ1n) is 4.80. The number of carboxylic acids is 1. The first kappa shape index (κ1) is 12.4. The molecule has 1 unspecified atom stereocenters. The van der Waals surface area contributed by atoms with Gasteiger partial charge in [-0.3, -0.25) is 9.59 Å². The Kier molecular flexibility index (Phi) is 4.72. The summed E-state index contributed by atoms with van der Waals surface area (Å²) in [6, 6.07) is 1.90. The Balaban J connectivity index is 2.34. The van der Waals surface area contributed by atoms with E-state index in [9.17, 15) is 9.59 Å². The van der Waals surface area contributed by atoms with Gasteiger partial charge in [0.15, 0.2) is 0 Å². The summed E-state index contributed by atoms with van der Waals surface area (Å²) in [6.07, 6.45) is 3.09. The highest BCUT2D eigenvalue weighted by atomic mass is 32.1. The number of hydrogen-bond acceptors (Lipinski definition) is 3. The molecule has 86 valence electrons. The van der Waals surface area contributed by atoms with E-state index in [4.69, 9.17) is 5.11 Å². The number of hydrogen-bond donors (Lipinski definition) is 2. The standard InChI is InChI=1S/C11H13NO3S/c1-8(11(14)15)6-12-10(13)3-2-9-4-5-16-7-9/h2-5,7-8H,6H2,1H3,(H,12,13)(H,14,15)/b3-2+. The second-order valence-corrected chi connectivity index (χ2v) is 4.15. The van der Waals surface area contributed by atoms with Gasteiger partial charge in [-0.2, -0.15) is 11.3 Å². The molecule has 1 atom stereocenters. The lowest BCUT2D eigenvalue weighted by atomic mass is 10.2. The molecule has 0 aliphatic carbocycles. The number of rotatable bonds is 5. The number of carbonyl (C=O) groups excluding carboxylic acids is 1. The van der Waals surface area contributed by atoms with Gasteiger partial charge in [-0.25, -0.2) is 0 Å². The molecule has 0 aliphatic heterocycles. The van der Waals surface area contributed by atoms with Crippen molar-refractivity contribution in [3.05, 3.63) is 28.5 Å². The minimum absolute atomic E-state index is 0.141. The first-order chi connectivity index (χ1) is 7.59. The van der Waals surface area contributed by atoms with Gasteiger partial charge in [0.25, 0.3) is 0 Å². The van der Waals surface area contributed by atoms with Crippen LogP contribution in [0.4, 0.5) is 0 Å². The molecule has 0 spiro atoms. The number of carbonyl (C=O) groups is 2. The molecule has 4 nitrogen and oxygen atoms in total. The lowest BCUT2D eigenvalue weighted by Gasteiger charge is -2.05. The van der Waals surface area contributed by atoms with E-state index in [1.165, 1.54) is 6.08 Å². The average molecular weight is 239 g/mol. The van der Waals surface area contributed by atoms with Gasteiger partial charge in [-0.05, 0) is 28.5 Å². The zero-order valence-electron chi connectivity index (χ0n) is 8.84. The molecule has 0 bridgehead atoms. The molecule has 1 aromatic heterocycles. The zero-order valence-corrected chi connectivity index (χ0v) is 9.66. The Morgan fingerprint density at radius 2 is 2.38 bits per heavy atom. The van der Waals surface area contributed by atoms with Gasteiger partial charge in [-0.15, -0.1) is 0 Å². The van der Waals surface area contributed by atoms with E-state index in [0.717, 1.165) is 5.56 Å². The highest BCUT2D eigenvalue weighted by Gasteiger charge is 2.10. The second-order valence-electron chi connectivity index (χ2n) is 3.37. The summed E-state index contributed by atoms with van der Waals surface area (Å²) in [5, 5.41) is 15.0. The molecule has 0 saturated heterocycles. The minimum atomic E-state index is -0.915. The maximum Gasteiger partial charge on any atom is 0.308 e. The van der Waals surface area contributed by atoms with E-state index in [1.54, 1.807) is 24.3 Å². The van der Waals surface area contributed by atoms with E-state index < -0.39 is 11.9 Å². The van der Waals surface area contributed by atoms with Crippen LogP contribution in [0.15, 0.2) is 22.9 Å². The molecule has 1 amide bonds. The fourth-order valence-corrected chi connectivity index (χ4v) is 1.57. The van der Waals surface area contributed by atoms with Crippen LogP contribution in [0.5, 0.6) is 0 Å². The monoisotopic (exact) mass is 239 g/mol. The molecule has 0 radical (unpaired) electrons. The summed E-state index contributed by atoms with van der Waals surface area (Å²) in [5.41, 5.74) is 0.964. The van der Waals surface area contributed by atoms with Crippen molar-refractivity contribution in [3.8, 4) is 0 Å². The molecular weight excluding hydrogens is 226 g/mol. The van der Waals surface area contributed by atoms with Gasteiger partial charge < -0.3 is 10.4 Å². The fourth-order valence-electron chi connectivity index (χ4n) is 0.942. The van der Waals surface area contributed by atoms with Crippen molar-refractivity contribution in [2.45, 2.75) is 6.92 Å². The summed E-state index contributed by atoms with van der Waals surface area (Å²) < 4.78 is 0. The van der Waals surface area contributed by atoms with E-state index in [1.807, 2.05) is 16.8 Å². The molecule has 1 aromatic rings. The van der Waals surface area contributed by atoms with E-state index in [-0.39, 0.29) is 12.5 Å². The van der Waals surface area contributed by atoms with Crippen molar-refractivity contribution in [2.24, 2.45) is 5.92 Å². The van der Waals surface area contributed by atoms with Crippen LogP contribution in [0.25, 0.3) is 6.08 Å². The molecule has 1 heterocycles. The lowest BCUT2D eigenvalue weighted by Crippen LogP contribution is -2.30. The normalized spacial score (nSPS) is 12.6. The molecule has 2 N–H and O–H groups in total. The van der Waals surface area contributed by atoms with Crippen molar-refractivity contribution in [2.75, 3.05) is 6.54 Å². The summed E-state index contributed by atoms with van der Waals surface area (Å²) in [7, 11) is 0. The van der Waals surface area contributed by atoms with Crippen molar-refractivity contribution in [1.82, 2.24) is 5.32 Å². The quantitative estimate of drug-likeness (QED) is 0.767. The average Bonchev–Trinajstić information content (AvgIpc) is 2.75. The van der Waals surface area contributed by atoms with E-state index in [2.05, 4.69) is 5.32 Å². The van der Waals surface area contributed by atoms with E-state index in [0.29, 0.717) is 0 Å². The Morgan fingerprint density at radius 1 is 1.62 bits per heavy atom. The van der Waals surface area contributed by atoms with Crippen molar-refractivity contribution < 1.29 is 14.7 Å². The van der Waals surface area contributed by atoms with Crippen LogP contribution in [-0.2, 0) is 9.59 Å². The molecule has 1 rings (SSSR count). The van der Waals surface area contributed by atoms with Crippen LogP contribution in [0.2, 0.25) is 0 Å². The third-order valence-corrected chi connectivity index (χ3v) is 2.68. The number of amides is 1. The van der Waals surface area contributed by atoms with Gasteiger partial charge in [-0.1, -0.05) is 6.92 Å². The van der Waals surface area contributed by atoms with Crippen molar-refractivity contribution in [3.63, 3.8) is 0 Å². The highest BCUT2D eigenvalue weighted by Crippen LogP contribution is 2.07. The summed E-state index contributed by atoms with van der Waals surface area (Å²) in [4.78, 5) is 21.8. The lowest BCUT2D eigenvalue weighted by molar-refractivity contribution is -0.141. The second kappa shape index (κ2) is 6.07. The maximum absolute atomic E-state index is 11.3. The Morgan fingerprint density at radius 3 is 2.94 bits per heavy atom. The third kappa shape index (κ3) is 4.27. The zero-order chi connectivity index (χ0) is 12.0. The maximum atomic E-state index is 11.3. The molecular formula is C11H13NO3S.